The number of ether oxygens (including phenoxy) is 1. The number of hydrogen-bond donors (Lipinski definition) is 0. The van der Waals surface area contributed by atoms with Crippen LogP contribution in [0.1, 0.15) is 11.3 Å². The van der Waals surface area contributed by atoms with Crippen LogP contribution in [0.4, 0.5) is 5.69 Å². The third-order valence-electron chi connectivity index (χ3n) is 3.13. The summed E-state index contributed by atoms with van der Waals surface area (Å²) in [5, 5.41) is 15.4. The highest BCUT2D eigenvalue weighted by molar-refractivity contribution is 5.87. The zero-order valence-corrected chi connectivity index (χ0v) is 11.5. The van der Waals surface area contributed by atoms with E-state index in [-0.39, 0.29) is 5.69 Å². The number of nitrogens with zero attached hydrogens (tertiary/aromatic N) is 2. The molecule has 2 aromatic carbocycles. The summed E-state index contributed by atoms with van der Waals surface area (Å²) >= 11 is 0. The smallest absolute Gasteiger partial charge is 0.269 e. The highest BCUT2D eigenvalue weighted by atomic mass is 16.6. The fraction of sp³-hybridized carbons (Fsp3) is 0.133. The van der Waals surface area contributed by atoms with Crippen LogP contribution in [0, 0.1) is 24.0 Å². The zero-order chi connectivity index (χ0) is 15.0. The fourth-order valence-corrected chi connectivity index (χ4v) is 2.16. The molecule has 21 heavy (non-hydrogen) atoms. The van der Waals surface area contributed by atoms with Gasteiger partial charge in [-0.3, -0.25) is 10.1 Å². The van der Waals surface area contributed by atoms with Crippen molar-refractivity contribution in [3.05, 3.63) is 57.8 Å². The molecular weight excluding hydrogens is 272 g/mol. The number of aromatic nitrogens is 1. The first-order valence-corrected chi connectivity index (χ1v) is 6.33. The van der Waals surface area contributed by atoms with Crippen LogP contribution in [0.15, 0.2) is 40.9 Å². The Morgan fingerprint density at radius 1 is 1.19 bits per heavy atom. The SMILES string of the molecule is Cc1cc(Oc2ccc([N+](=O)[O-])cc2)c2c(C)noc2c1. The van der Waals surface area contributed by atoms with Crippen molar-refractivity contribution >= 4 is 16.7 Å². The minimum atomic E-state index is -0.446. The number of aryl methyl sites for hydroxylation is 2. The van der Waals surface area contributed by atoms with E-state index in [1.165, 1.54) is 12.1 Å². The Morgan fingerprint density at radius 2 is 1.90 bits per heavy atom. The summed E-state index contributed by atoms with van der Waals surface area (Å²) in [4.78, 5) is 10.2. The van der Waals surface area contributed by atoms with Crippen LogP contribution >= 0.6 is 0 Å². The summed E-state index contributed by atoms with van der Waals surface area (Å²) in [7, 11) is 0. The molecule has 0 aliphatic heterocycles. The number of nitro benzene ring substituents is 1. The van der Waals surface area contributed by atoms with E-state index >= 15 is 0 Å². The minimum Gasteiger partial charge on any atom is -0.457 e. The molecule has 0 fully saturated rings. The van der Waals surface area contributed by atoms with E-state index in [9.17, 15) is 10.1 Å². The number of non-ortho nitro benzene ring substituents is 1. The summed E-state index contributed by atoms with van der Waals surface area (Å²) < 4.78 is 11.1. The predicted octanol–water partition coefficient (Wildman–Crippen LogP) is 4.15. The van der Waals surface area contributed by atoms with Crippen LogP contribution in [0.25, 0.3) is 11.0 Å². The average Bonchev–Trinajstić information content (AvgIpc) is 2.80. The number of hydrogen-bond acceptors (Lipinski definition) is 5. The Kier molecular flexibility index (Phi) is 3.06. The number of benzene rings is 2. The monoisotopic (exact) mass is 284 g/mol. The molecule has 0 radical (unpaired) electrons. The van der Waals surface area contributed by atoms with E-state index in [2.05, 4.69) is 5.16 Å². The summed E-state index contributed by atoms with van der Waals surface area (Å²) in [5.74, 6) is 1.14. The molecule has 1 aromatic heterocycles. The first-order chi connectivity index (χ1) is 10.0. The Hall–Kier alpha value is -2.89. The number of fused-ring (bicyclic) bond motifs is 1. The first-order valence-electron chi connectivity index (χ1n) is 6.33. The molecule has 6 heteroatoms. The standard InChI is InChI=1S/C15H12N2O4/c1-9-7-13(15-10(2)16-21-14(15)8-9)20-12-5-3-11(4-6-12)17(18)19/h3-8H,1-2H3. The lowest BCUT2D eigenvalue weighted by molar-refractivity contribution is -0.384. The van der Waals surface area contributed by atoms with Gasteiger partial charge in [0.15, 0.2) is 5.58 Å². The molecule has 0 amide bonds. The second-order valence-electron chi connectivity index (χ2n) is 4.76. The van der Waals surface area contributed by atoms with Crippen LogP contribution in [-0.4, -0.2) is 10.1 Å². The summed E-state index contributed by atoms with van der Waals surface area (Å²) in [5.41, 5.74) is 2.40. The Balaban J connectivity index is 2.01. The van der Waals surface area contributed by atoms with Gasteiger partial charge in [-0.15, -0.1) is 0 Å². The lowest BCUT2D eigenvalue weighted by Crippen LogP contribution is -1.90. The van der Waals surface area contributed by atoms with Crippen LogP contribution in [0.2, 0.25) is 0 Å². The molecule has 0 bridgehead atoms. The third kappa shape index (κ3) is 2.43. The second kappa shape index (κ2) is 4.90. The van der Waals surface area contributed by atoms with Gasteiger partial charge >= 0.3 is 0 Å². The van der Waals surface area contributed by atoms with E-state index < -0.39 is 4.92 Å². The Morgan fingerprint density at radius 3 is 2.57 bits per heavy atom. The molecule has 0 unspecified atom stereocenters. The number of rotatable bonds is 3. The molecule has 0 spiro atoms. The summed E-state index contributed by atoms with van der Waals surface area (Å²) in [6.07, 6.45) is 0. The topological polar surface area (TPSA) is 78.4 Å². The van der Waals surface area contributed by atoms with Crippen molar-refractivity contribution in [3.8, 4) is 11.5 Å². The molecule has 3 rings (SSSR count). The van der Waals surface area contributed by atoms with Gasteiger partial charge in [-0.25, -0.2) is 0 Å². The summed E-state index contributed by atoms with van der Waals surface area (Å²) in [6, 6.07) is 9.71. The van der Waals surface area contributed by atoms with Gasteiger partial charge in [0.25, 0.3) is 5.69 Å². The molecule has 106 valence electrons. The van der Waals surface area contributed by atoms with Crippen molar-refractivity contribution in [3.63, 3.8) is 0 Å². The van der Waals surface area contributed by atoms with Crippen LogP contribution in [0.5, 0.6) is 11.5 Å². The van der Waals surface area contributed by atoms with Gasteiger partial charge in [0.2, 0.25) is 0 Å². The molecule has 0 aliphatic carbocycles. The third-order valence-corrected chi connectivity index (χ3v) is 3.13. The fourth-order valence-electron chi connectivity index (χ4n) is 2.16. The second-order valence-corrected chi connectivity index (χ2v) is 4.76. The maximum absolute atomic E-state index is 10.6. The van der Waals surface area contributed by atoms with Crippen molar-refractivity contribution in [2.75, 3.05) is 0 Å². The maximum atomic E-state index is 10.6. The predicted molar refractivity (Wildman–Crippen MR) is 76.7 cm³/mol. The van der Waals surface area contributed by atoms with Gasteiger partial charge in [0.05, 0.1) is 16.0 Å². The van der Waals surface area contributed by atoms with Crippen molar-refractivity contribution in [1.29, 1.82) is 0 Å². The minimum absolute atomic E-state index is 0.0258. The molecule has 0 atom stereocenters. The molecule has 0 aliphatic rings. The van der Waals surface area contributed by atoms with Crippen LogP contribution < -0.4 is 4.74 Å². The van der Waals surface area contributed by atoms with E-state index in [1.807, 2.05) is 26.0 Å². The van der Waals surface area contributed by atoms with E-state index in [0.717, 1.165) is 16.6 Å². The Labute approximate surface area is 120 Å². The van der Waals surface area contributed by atoms with Crippen LogP contribution in [-0.2, 0) is 0 Å². The van der Waals surface area contributed by atoms with E-state index in [4.69, 9.17) is 9.26 Å². The molecule has 3 aromatic rings. The first kappa shape index (κ1) is 13.1. The molecule has 0 saturated heterocycles. The van der Waals surface area contributed by atoms with Crippen molar-refractivity contribution in [2.45, 2.75) is 13.8 Å². The average molecular weight is 284 g/mol. The van der Waals surface area contributed by atoms with Gasteiger partial charge in [-0.1, -0.05) is 5.16 Å². The van der Waals surface area contributed by atoms with Crippen LogP contribution in [0.3, 0.4) is 0 Å². The maximum Gasteiger partial charge on any atom is 0.269 e. The molecule has 1 heterocycles. The van der Waals surface area contributed by atoms with Gasteiger partial charge in [0, 0.05) is 12.1 Å². The van der Waals surface area contributed by atoms with E-state index in [0.29, 0.717) is 17.1 Å². The molecule has 0 saturated carbocycles. The van der Waals surface area contributed by atoms with Gasteiger partial charge in [-0.05, 0) is 43.7 Å². The highest BCUT2D eigenvalue weighted by Crippen LogP contribution is 2.33. The Bertz CT molecular complexity index is 822. The molecule has 6 nitrogen and oxygen atoms in total. The van der Waals surface area contributed by atoms with Crippen molar-refractivity contribution in [2.24, 2.45) is 0 Å². The highest BCUT2D eigenvalue weighted by Gasteiger charge is 2.13. The van der Waals surface area contributed by atoms with Gasteiger partial charge in [0.1, 0.15) is 11.5 Å². The lowest BCUT2D eigenvalue weighted by atomic mass is 10.1. The number of nitro groups is 1. The zero-order valence-electron chi connectivity index (χ0n) is 11.5. The summed E-state index contributed by atoms with van der Waals surface area (Å²) in [6.45, 7) is 3.77. The van der Waals surface area contributed by atoms with Crippen molar-refractivity contribution in [1.82, 2.24) is 5.16 Å². The largest absolute Gasteiger partial charge is 0.457 e. The van der Waals surface area contributed by atoms with Gasteiger partial charge < -0.3 is 9.26 Å². The van der Waals surface area contributed by atoms with Gasteiger partial charge in [-0.2, -0.15) is 0 Å². The van der Waals surface area contributed by atoms with E-state index in [1.54, 1.807) is 12.1 Å². The molecular formula is C15H12N2O4. The van der Waals surface area contributed by atoms with Crippen molar-refractivity contribution < 1.29 is 14.2 Å². The molecule has 0 N–H and O–H groups in total. The lowest BCUT2D eigenvalue weighted by Gasteiger charge is -2.07. The quantitative estimate of drug-likeness (QED) is 0.533. The normalized spacial score (nSPS) is 10.8.